The topological polar surface area (TPSA) is 87.2 Å². The second-order valence-corrected chi connectivity index (χ2v) is 14.6. The van der Waals surface area contributed by atoms with E-state index in [2.05, 4.69) is 54.7 Å². The number of hydrogen-bond donors (Lipinski definition) is 1. The SMILES string of the molecule is C=CCCOC(=O)[C@@H]1[C@@H]2CC(C)C3(S2)C(C(=O)N(CC=C)C(C)(C)CC(C)(C)C)N(CCCCO)C(=O)[C@H]13. The minimum absolute atomic E-state index is 0.00945. The number of nitrogens with zero attached hydrogens (tertiary/aromatic N) is 2. The molecule has 3 rings (SSSR count). The molecule has 6 atom stereocenters. The highest BCUT2D eigenvalue weighted by atomic mass is 32.2. The summed E-state index contributed by atoms with van der Waals surface area (Å²) in [5.41, 5.74) is -0.476. The van der Waals surface area contributed by atoms with E-state index in [0.717, 1.165) is 12.8 Å². The summed E-state index contributed by atoms with van der Waals surface area (Å²) in [5.74, 6) is -1.58. The van der Waals surface area contributed by atoms with Crippen LogP contribution in [-0.2, 0) is 19.1 Å². The van der Waals surface area contributed by atoms with Crippen LogP contribution >= 0.6 is 11.8 Å². The van der Waals surface area contributed by atoms with Gasteiger partial charge in [-0.2, -0.15) is 0 Å². The Kier molecular flexibility index (Phi) is 9.50. The molecule has 1 spiro atoms. The Morgan fingerprint density at radius 1 is 1.21 bits per heavy atom. The molecule has 3 heterocycles. The second kappa shape index (κ2) is 11.7. The number of carbonyl (C=O) groups is 3. The number of rotatable bonds is 13. The molecule has 3 aliphatic heterocycles. The highest BCUT2D eigenvalue weighted by Gasteiger charge is 2.76. The lowest BCUT2D eigenvalue weighted by molar-refractivity contribution is -0.154. The van der Waals surface area contributed by atoms with E-state index in [0.29, 0.717) is 32.4 Å². The molecule has 0 saturated carbocycles. The zero-order chi connectivity index (χ0) is 28.5. The van der Waals surface area contributed by atoms with E-state index in [1.807, 2.05) is 4.90 Å². The van der Waals surface area contributed by atoms with Crippen LogP contribution in [0.4, 0.5) is 0 Å². The van der Waals surface area contributed by atoms with Gasteiger partial charge in [-0.25, -0.2) is 0 Å². The summed E-state index contributed by atoms with van der Waals surface area (Å²) in [5, 5.41) is 9.38. The van der Waals surface area contributed by atoms with Crippen molar-refractivity contribution in [2.45, 2.75) is 95.2 Å². The Bertz CT molecular complexity index is 928. The first-order chi connectivity index (χ1) is 17.8. The van der Waals surface area contributed by atoms with E-state index in [1.54, 1.807) is 28.8 Å². The fraction of sp³-hybridized carbons (Fsp3) is 0.767. The number of thioether (sulfide) groups is 1. The van der Waals surface area contributed by atoms with Crippen molar-refractivity contribution in [3.63, 3.8) is 0 Å². The predicted octanol–water partition coefficient (Wildman–Crippen LogP) is 4.44. The number of esters is 1. The van der Waals surface area contributed by atoms with Crippen LogP contribution in [0.5, 0.6) is 0 Å². The Morgan fingerprint density at radius 3 is 2.47 bits per heavy atom. The summed E-state index contributed by atoms with van der Waals surface area (Å²) >= 11 is 1.67. The van der Waals surface area contributed by atoms with E-state index in [-0.39, 0.29) is 47.6 Å². The van der Waals surface area contributed by atoms with Gasteiger partial charge in [0.2, 0.25) is 11.8 Å². The molecule has 214 valence electrons. The van der Waals surface area contributed by atoms with Gasteiger partial charge in [0.25, 0.3) is 0 Å². The number of amides is 2. The summed E-state index contributed by atoms with van der Waals surface area (Å²) in [6, 6.07) is -0.672. The van der Waals surface area contributed by atoms with Gasteiger partial charge in [-0.05, 0) is 57.3 Å². The van der Waals surface area contributed by atoms with Crippen LogP contribution < -0.4 is 0 Å². The lowest BCUT2D eigenvalue weighted by Gasteiger charge is -2.46. The van der Waals surface area contributed by atoms with Crippen molar-refractivity contribution < 1.29 is 24.2 Å². The van der Waals surface area contributed by atoms with Crippen molar-refractivity contribution >= 4 is 29.5 Å². The molecule has 0 aromatic carbocycles. The number of unbranched alkanes of at least 4 members (excludes halogenated alkanes) is 1. The maximum absolute atomic E-state index is 14.7. The van der Waals surface area contributed by atoms with Crippen molar-refractivity contribution in [3.05, 3.63) is 25.3 Å². The molecule has 38 heavy (non-hydrogen) atoms. The Balaban J connectivity index is 2.06. The van der Waals surface area contributed by atoms with Crippen molar-refractivity contribution in [2.24, 2.45) is 23.2 Å². The van der Waals surface area contributed by atoms with Gasteiger partial charge in [0.1, 0.15) is 6.04 Å². The third-order valence-electron chi connectivity index (χ3n) is 8.40. The molecule has 3 fully saturated rings. The van der Waals surface area contributed by atoms with Crippen LogP contribution in [0.1, 0.15) is 73.6 Å². The smallest absolute Gasteiger partial charge is 0.310 e. The van der Waals surface area contributed by atoms with E-state index in [4.69, 9.17) is 4.74 Å². The fourth-order valence-electron chi connectivity index (χ4n) is 7.35. The average molecular weight is 549 g/mol. The number of aliphatic hydroxyl groups excluding tert-OH is 1. The quantitative estimate of drug-likeness (QED) is 0.208. The average Bonchev–Trinajstić information content (AvgIpc) is 3.39. The van der Waals surface area contributed by atoms with Crippen molar-refractivity contribution in [1.29, 1.82) is 0 Å². The fourth-order valence-corrected chi connectivity index (χ4v) is 9.75. The predicted molar refractivity (Wildman–Crippen MR) is 153 cm³/mol. The molecule has 3 saturated heterocycles. The molecule has 2 bridgehead atoms. The Hall–Kier alpha value is -1.80. The minimum Gasteiger partial charge on any atom is -0.465 e. The zero-order valence-corrected chi connectivity index (χ0v) is 25.0. The van der Waals surface area contributed by atoms with Gasteiger partial charge < -0.3 is 19.6 Å². The summed E-state index contributed by atoms with van der Waals surface area (Å²) < 4.78 is 4.91. The number of carbonyl (C=O) groups excluding carboxylic acids is 3. The van der Waals surface area contributed by atoms with Gasteiger partial charge in [-0.15, -0.1) is 24.9 Å². The molecule has 0 radical (unpaired) electrons. The van der Waals surface area contributed by atoms with Gasteiger partial charge in [0.05, 0.1) is 23.2 Å². The third-order valence-corrected chi connectivity index (χ3v) is 10.5. The molecule has 8 heteroatoms. The first-order valence-corrected chi connectivity index (χ1v) is 14.9. The van der Waals surface area contributed by atoms with E-state index < -0.39 is 28.2 Å². The van der Waals surface area contributed by atoms with Crippen LogP contribution in [-0.4, -0.2) is 80.6 Å². The van der Waals surface area contributed by atoms with Gasteiger partial charge >= 0.3 is 5.97 Å². The number of hydrogen-bond acceptors (Lipinski definition) is 6. The van der Waals surface area contributed by atoms with Crippen LogP contribution in [0.25, 0.3) is 0 Å². The Labute approximate surface area is 233 Å². The maximum atomic E-state index is 14.7. The minimum atomic E-state index is -0.683. The first-order valence-electron chi connectivity index (χ1n) is 14.1. The van der Waals surface area contributed by atoms with Gasteiger partial charge in [-0.1, -0.05) is 39.8 Å². The number of fused-ring (bicyclic) bond motifs is 1. The normalized spacial score (nSPS) is 30.3. The lowest BCUT2D eigenvalue weighted by Crippen LogP contribution is -2.61. The molecule has 0 aromatic heterocycles. The first kappa shape index (κ1) is 30.7. The van der Waals surface area contributed by atoms with Crippen LogP contribution in [0.15, 0.2) is 25.3 Å². The van der Waals surface area contributed by atoms with Crippen LogP contribution in [0.3, 0.4) is 0 Å². The molecule has 0 aliphatic carbocycles. The van der Waals surface area contributed by atoms with E-state index >= 15 is 0 Å². The number of likely N-dealkylation sites (tertiary alicyclic amines) is 1. The molecule has 3 unspecified atom stereocenters. The summed E-state index contributed by atoms with van der Waals surface area (Å²) in [4.78, 5) is 45.8. The maximum Gasteiger partial charge on any atom is 0.310 e. The second-order valence-electron chi connectivity index (χ2n) is 13.0. The zero-order valence-electron chi connectivity index (χ0n) is 24.2. The molecule has 7 nitrogen and oxygen atoms in total. The van der Waals surface area contributed by atoms with E-state index in [9.17, 15) is 19.5 Å². The monoisotopic (exact) mass is 548 g/mol. The molecule has 0 aromatic rings. The third kappa shape index (κ3) is 5.58. The summed E-state index contributed by atoms with van der Waals surface area (Å²) in [7, 11) is 0. The molecule has 1 N–H and O–H groups in total. The van der Waals surface area contributed by atoms with Crippen LogP contribution in [0.2, 0.25) is 0 Å². The summed E-state index contributed by atoms with van der Waals surface area (Å²) in [6.07, 6.45) is 6.72. The van der Waals surface area contributed by atoms with E-state index in [1.165, 1.54) is 0 Å². The number of aliphatic hydroxyl groups is 1. The Morgan fingerprint density at radius 2 is 1.89 bits per heavy atom. The highest BCUT2D eigenvalue weighted by Crippen LogP contribution is 2.69. The number of ether oxygens (including phenoxy) is 1. The molecular formula is C30H48N2O5S. The lowest BCUT2D eigenvalue weighted by atomic mass is 9.66. The molecular weight excluding hydrogens is 500 g/mol. The van der Waals surface area contributed by atoms with Gasteiger partial charge in [0.15, 0.2) is 0 Å². The van der Waals surface area contributed by atoms with Crippen molar-refractivity contribution in [3.8, 4) is 0 Å². The standard InChI is InChI=1S/C30H48N2O5S/c1-9-11-17-37-27(36)22-21-18-20(3)30(38-21)23(22)25(34)31(15-12-13-16-33)24(30)26(35)32(14-10-2)29(7,8)19-28(4,5)6/h9-10,20-24,33H,1-2,11-19H2,3-8H3/t20?,21-,22+,23-,24?,30?/m0/s1. The summed E-state index contributed by atoms with van der Waals surface area (Å²) in [6.45, 7) is 21.5. The van der Waals surface area contributed by atoms with Gasteiger partial charge in [-0.3, -0.25) is 14.4 Å². The molecule has 2 amide bonds. The largest absolute Gasteiger partial charge is 0.465 e. The van der Waals surface area contributed by atoms with Gasteiger partial charge in [0, 0.05) is 30.5 Å². The van der Waals surface area contributed by atoms with Crippen LogP contribution in [0, 0.1) is 23.2 Å². The molecule has 3 aliphatic rings. The van der Waals surface area contributed by atoms with Crippen molar-refractivity contribution in [2.75, 3.05) is 26.3 Å². The highest BCUT2D eigenvalue weighted by molar-refractivity contribution is 8.02. The van der Waals surface area contributed by atoms with Crippen molar-refractivity contribution in [1.82, 2.24) is 9.80 Å².